The van der Waals surface area contributed by atoms with E-state index in [9.17, 15) is 9.59 Å². The lowest BCUT2D eigenvalue weighted by molar-refractivity contribution is -0.144. The van der Waals surface area contributed by atoms with Crippen molar-refractivity contribution >= 4 is 11.9 Å². The van der Waals surface area contributed by atoms with Crippen LogP contribution < -0.4 is 4.74 Å². The highest BCUT2D eigenvalue weighted by Gasteiger charge is 2.06. The topological polar surface area (TPSA) is 52.6 Å². The maximum absolute atomic E-state index is 11.9. The quantitative estimate of drug-likeness (QED) is 0.212. The van der Waals surface area contributed by atoms with Crippen molar-refractivity contribution in [2.24, 2.45) is 5.92 Å². The molecule has 0 saturated carbocycles. The van der Waals surface area contributed by atoms with Crippen molar-refractivity contribution in [1.29, 1.82) is 0 Å². The number of aryl methyl sites for hydroxylation is 2. The second-order valence-electron chi connectivity index (χ2n) is 8.10. The van der Waals surface area contributed by atoms with E-state index in [4.69, 9.17) is 9.47 Å². The molecule has 0 bridgehead atoms. The van der Waals surface area contributed by atoms with Crippen LogP contribution in [0, 0.1) is 19.8 Å². The van der Waals surface area contributed by atoms with E-state index in [0.29, 0.717) is 31.1 Å². The zero-order chi connectivity index (χ0) is 20.8. The molecular weight excluding hydrogens is 352 g/mol. The van der Waals surface area contributed by atoms with Crippen LogP contribution >= 0.6 is 0 Å². The van der Waals surface area contributed by atoms with Crippen LogP contribution in [-0.4, -0.2) is 18.5 Å². The van der Waals surface area contributed by atoms with E-state index < -0.39 is 0 Å². The molecule has 158 valence electrons. The fourth-order valence-corrected chi connectivity index (χ4v) is 2.96. The molecule has 0 saturated heterocycles. The molecule has 28 heavy (non-hydrogen) atoms. The van der Waals surface area contributed by atoms with Gasteiger partial charge >= 0.3 is 11.9 Å². The molecule has 0 heterocycles. The standard InChI is InChI=1S/C24H38O4/c1-19(2)12-11-17-27-23(25)13-9-7-5-6-8-10-14-24(26)28-22-16-15-20(3)21(4)18-22/h15-16,18-19H,5-14,17H2,1-4H3. The van der Waals surface area contributed by atoms with E-state index in [1.807, 2.05) is 32.0 Å². The molecule has 0 aliphatic carbocycles. The SMILES string of the molecule is Cc1ccc(OC(=O)CCCCCCCCC(=O)OCCCC(C)C)cc1C. The lowest BCUT2D eigenvalue weighted by atomic mass is 10.1. The van der Waals surface area contributed by atoms with Crippen molar-refractivity contribution < 1.29 is 19.1 Å². The summed E-state index contributed by atoms with van der Waals surface area (Å²) in [6.45, 7) is 8.96. The smallest absolute Gasteiger partial charge is 0.311 e. The molecule has 0 unspecified atom stereocenters. The van der Waals surface area contributed by atoms with Crippen LogP contribution in [0.15, 0.2) is 18.2 Å². The lowest BCUT2D eigenvalue weighted by Gasteiger charge is -2.07. The van der Waals surface area contributed by atoms with Gasteiger partial charge in [0.05, 0.1) is 6.61 Å². The minimum atomic E-state index is -0.163. The Bertz CT molecular complexity index is 592. The van der Waals surface area contributed by atoms with Gasteiger partial charge in [-0.2, -0.15) is 0 Å². The summed E-state index contributed by atoms with van der Waals surface area (Å²) >= 11 is 0. The highest BCUT2D eigenvalue weighted by atomic mass is 16.5. The van der Waals surface area contributed by atoms with Crippen LogP contribution in [0.25, 0.3) is 0 Å². The molecular formula is C24H38O4. The number of hydrogen-bond donors (Lipinski definition) is 0. The number of carbonyl (C=O) groups excluding carboxylic acids is 2. The van der Waals surface area contributed by atoms with Crippen molar-refractivity contribution in [2.45, 2.75) is 91.9 Å². The predicted molar refractivity (Wildman–Crippen MR) is 114 cm³/mol. The van der Waals surface area contributed by atoms with E-state index in [-0.39, 0.29) is 11.9 Å². The molecule has 0 aliphatic rings. The number of carbonyl (C=O) groups is 2. The average molecular weight is 391 g/mol. The van der Waals surface area contributed by atoms with Crippen LogP contribution in [0.4, 0.5) is 0 Å². The number of rotatable bonds is 14. The number of esters is 2. The van der Waals surface area contributed by atoms with E-state index >= 15 is 0 Å². The first kappa shape index (κ1) is 24.2. The van der Waals surface area contributed by atoms with Crippen LogP contribution in [-0.2, 0) is 14.3 Å². The third-order valence-electron chi connectivity index (χ3n) is 4.91. The summed E-state index contributed by atoms with van der Waals surface area (Å²) in [4.78, 5) is 23.5. The molecule has 0 N–H and O–H groups in total. The summed E-state index contributed by atoms with van der Waals surface area (Å²) < 4.78 is 10.6. The molecule has 1 aromatic rings. The molecule has 0 atom stereocenters. The van der Waals surface area contributed by atoms with E-state index in [0.717, 1.165) is 56.9 Å². The Hall–Kier alpha value is -1.84. The second-order valence-corrected chi connectivity index (χ2v) is 8.10. The van der Waals surface area contributed by atoms with E-state index in [1.165, 1.54) is 5.56 Å². The Morgan fingerprint density at radius 1 is 0.821 bits per heavy atom. The monoisotopic (exact) mass is 390 g/mol. The fraction of sp³-hybridized carbons (Fsp3) is 0.667. The van der Waals surface area contributed by atoms with Gasteiger partial charge in [-0.05, 0) is 68.7 Å². The van der Waals surface area contributed by atoms with Gasteiger partial charge in [0.15, 0.2) is 0 Å². The van der Waals surface area contributed by atoms with Crippen LogP contribution in [0.1, 0.15) is 89.2 Å². The maximum Gasteiger partial charge on any atom is 0.311 e. The van der Waals surface area contributed by atoms with E-state index in [1.54, 1.807) is 0 Å². The summed E-state index contributed by atoms with van der Waals surface area (Å²) in [5.41, 5.74) is 2.32. The fourth-order valence-electron chi connectivity index (χ4n) is 2.96. The van der Waals surface area contributed by atoms with Gasteiger partial charge in [0.1, 0.15) is 5.75 Å². The van der Waals surface area contributed by atoms with Gasteiger partial charge in [0.25, 0.3) is 0 Å². The first-order valence-corrected chi connectivity index (χ1v) is 10.8. The normalized spacial score (nSPS) is 10.9. The average Bonchev–Trinajstić information content (AvgIpc) is 2.64. The van der Waals surface area contributed by atoms with E-state index in [2.05, 4.69) is 13.8 Å². The van der Waals surface area contributed by atoms with Gasteiger partial charge in [-0.3, -0.25) is 9.59 Å². The zero-order valence-electron chi connectivity index (χ0n) is 18.2. The Balaban J connectivity index is 1.96. The second kappa shape index (κ2) is 14.2. The summed E-state index contributed by atoms with van der Waals surface area (Å²) in [7, 11) is 0. The first-order chi connectivity index (χ1) is 13.4. The summed E-state index contributed by atoms with van der Waals surface area (Å²) in [6.07, 6.45) is 8.99. The molecule has 4 nitrogen and oxygen atoms in total. The molecule has 0 radical (unpaired) electrons. The van der Waals surface area contributed by atoms with Crippen LogP contribution in [0.3, 0.4) is 0 Å². The Morgan fingerprint density at radius 2 is 1.43 bits per heavy atom. The van der Waals surface area contributed by atoms with Gasteiger partial charge < -0.3 is 9.47 Å². The van der Waals surface area contributed by atoms with Crippen molar-refractivity contribution in [3.63, 3.8) is 0 Å². The van der Waals surface area contributed by atoms with Gasteiger partial charge in [0.2, 0.25) is 0 Å². The number of unbranched alkanes of at least 4 members (excludes halogenated alkanes) is 5. The molecule has 1 rings (SSSR count). The summed E-state index contributed by atoms with van der Waals surface area (Å²) in [5, 5.41) is 0. The zero-order valence-corrected chi connectivity index (χ0v) is 18.2. The third-order valence-corrected chi connectivity index (χ3v) is 4.91. The third kappa shape index (κ3) is 11.8. The molecule has 0 spiro atoms. The predicted octanol–water partition coefficient (Wildman–Crippen LogP) is 6.31. The number of benzene rings is 1. The minimum absolute atomic E-state index is 0.0714. The Morgan fingerprint density at radius 3 is 2.04 bits per heavy atom. The molecule has 4 heteroatoms. The van der Waals surface area contributed by atoms with Gasteiger partial charge in [-0.1, -0.05) is 45.6 Å². The van der Waals surface area contributed by atoms with Gasteiger partial charge in [0, 0.05) is 12.8 Å². The van der Waals surface area contributed by atoms with Crippen molar-refractivity contribution in [1.82, 2.24) is 0 Å². The molecule has 0 aromatic heterocycles. The van der Waals surface area contributed by atoms with Crippen molar-refractivity contribution in [2.75, 3.05) is 6.61 Å². The van der Waals surface area contributed by atoms with Crippen molar-refractivity contribution in [3.8, 4) is 5.75 Å². The highest BCUT2D eigenvalue weighted by molar-refractivity contribution is 5.72. The van der Waals surface area contributed by atoms with Crippen LogP contribution in [0.5, 0.6) is 5.75 Å². The number of hydrogen-bond acceptors (Lipinski definition) is 4. The lowest BCUT2D eigenvalue weighted by Crippen LogP contribution is -2.07. The van der Waals surface area contributed by atoms with Gasteiger partial charge in [-0.25, -0.2) is 0 Å². The Kier molecular flexibility index (Phi) is 12.3. The Labute approximate surface area is 171 Å². The van der Waals surface area contributed by atoms with Crippen molar-refractivity contribution in [3.05, 3.63) is 29.3 Å². The molecule has 0 fully saturated rings. The highest BCUT2D eigenvalue weighted by Crippen LogP contribution is 2.17. The molecule has 0 aliphatic heterocycles. The van der Waals surface area contributed by atoms with Crippen LogP contribution in [0.2, 0.25) is 0 Å². The maximum atomic E-state index is 11.9. The minimum Gasteiger partial charge on any atom is -0.466 e. The largest absolute Gasteiger partial charge is 0.466 e. The first-order valence-electron chi connectivity index (χ1n) is 10.8. The van der Waals surface area contributed by atoms with Gasteiger partial charge in [-0.15, -0.1) is 0 Å². The molecule has 0 amide bonds. The summed E-state index contributed by atoms with van der Waals surface area (Å²) in [5.74, 6) is 1.05. The number of ether oxygens (including phenoxy) is 2. The summed E-state index contributed by atoms with van der Waals surface area (Å²) in [6, 6.07) is 5.72. The molecule has 1 aromatic carbocycles.